The van der Waals surface area contributed by atoms with Gasteiger partial charge in [0.25, 0.3) is 0 Å². The summed E-state index contributed by atoms with van der Waals surface area (Å²) in [5.41, 5.74) is 9.06. The summed E-state index contributed by atoms with van der Waals surface area (Å²) < 4.78 is 13.7. The number of nitrogens with zero attached hydrogens (tertiary/aromatic N) is 3. The van der Waals surface area contributed by atoms with Gasteiger partial charge in [-0.25, -0.2) is 4.39 Å². The van der Waals surface area contributed by atoms with E-state index in [0.717, 1.165) is 59.7 Å². The highest BCUT2D eigenvalue weighted by molar-refractivity contribution is 5.91. The SMILES string of the molecule is Cc1ccc(-c2cc(N3CCN(c4ccccc4)CC3)c(C#N)c(C)c2-c2ccc(F)cc2)cc1. The van der Waals surface area contributed by atoms with E-state index < -0.39 is 0 Å². The fourth-order valence-corrected chi connectivity index (χ4v) is 4.98. The standard InChI is InChI=1S/C31H28FN3/c1-22-8-10-24(11-9-22)28-20-30(35-18-16-34(17-19-35)27-6-4-3-5-7-27)29(21-33)23(2)31(28)25-12-14-26(32)15-13-25/h3-15,20H,16-19H2,1-2H3. The van der Waals surface area contributed by atoms with Crippen LogP contribution in [0.3, 0.4) is 0 Å². The molecule has 0 aliphatic carbocycles. The van der Waals surface area contributed by atoms with Crippen molar-refractivity contribution >= 4 is 11.4 Å². The molecule has 0 bridgehead atoms. The maximum atomic E-state index is 13.7. The molecule has 1 aliphatic rings. The van der Waals surface area contributed by atoms with Crippen LogP contribution < -0.4 is 9.80 Å². The van der Waals surface area contributed by atoms with Gasteiger partial charge in [-0.2, -0.15) is 5.26 Å². The summed E-state index contributed by atoms with van der Waals surface area (Å²) in [7, 11) is 0. The zero-order valence-corrected chi connectivity index (χ0v) is 20.1. The molecular weight excluding hydrogens is 433 g/mol. The molecule has 0 N–H and O–H groups in total. The van der Waals surface area contributed by atoms with E-state index in [0.29, 0.717) is 5.56 Å². The molecule has 4 heteroatoms. The normalized spacial score (nSPS) is 13.5. The Morgan fingerprint density at radius 2 is 1.34 bits per heavy atom. The first kappa shape index (κ1) is 22.7. The van der Waals surface area contributed by atoms with Crippen LogP contribution in [0.1, 0.15) is 16.7 Å². The fourth-order valence-electron chi connectivity index (χ4n) is 4.98. The minimum absolute atomic E-state index is 0.267. The lowest BCUT2D eigenvalue weighted by Crippen LogP contribution is -2.46. The molecule has 4 aromatic carbocycles. The van der Waals surface area contributed by atoms with Crippen molar-refractivity contribution in [3.8, 4) is 28.3 Å². The Bertz CT molecular complexity index is 1360. The van der Waals surface area contributed by atoms with Crippen LogP contribution in [-0.4, -0.2) is 26.2 Å². The third kappa shape index (κ3) is 4.50. The molecule has 1 saturated heterocycles. The maximum Gasteiger partial charge on any atom is 0.123 e. The van der Waals surface area contributed by atoms with Crippen molar-refractivity contribution < 1.29 is 4.39 Å². The van der Waals surface area contributed by atoms with Gasteiger partial charge in [0.15, 0.2) is 0 Å². The molecule has 0 aromatic heterocycles. The zero-order valence-electron chi connectivity index (χ0n) is 20.1. The highest BCUT2D eigenvalue weighted by Gasteiger charge is 2.24. The van der Waals surface area contributed by atoms with Crippen LogP contribution in [0.4, 0.5) is 15.8 Å². The Kier molecular flexibility index (Phi) is 6.25. The molecule has 1 aliphatic heterocycles. The first-order valence-electron chi connectivity index (χ1n) is 12.0. The van der Waals surface area contributed by atoms with Crippen molar-refractivity contribution in [2.24, 2.45) is 0 Å². The van der Waals surface area contributed by atoms with E-state index in [1.165, 1.54) is 23.4 Å². The predicted octanol–water partition coefficient (Wildman–Crippen LogP) is 6.97. The van der Waals surface area contributed by atoms with Crippen molar-refractivity contribution in [1.82, 2.24) is 0 Å². The Hall–Kier alpha value is -4.10. The molecule has 3 nitrogen and oxygen atoms in total. The first-order valence-corrected chi connectivity index (χ1v) is 12.0. The summed E-state index contributed by atoms with van der Waals surface area (Å²) in [4.78, 5) is 4.72. The van der Waals surface area contributed by atoms with Crippen LogP contribution >= 0.6 is 0 Å². The van der Waals surface area contributed by atoms with Crippen molar-refractivity contribution in [2.75, 3.05) is 36.0 Å². The molecule has 0 amide bonds. The molecule has 1 fully saturated rings. The number of benzene rings is 4. The minimum Gasteiger partial charge on any atom is -0.368 e. The van der Waals surface area contributed by atoms with E-state index >= 15 is 0 Å². The number of para-hydroxylation sites is 1. The Morgan fingerprint density at radius 3 is 1.97 bits per heavy atom. The average Bonchev–Trinajstić information content (AvgIpc) is 2.90. The fraction of sp³-hybridized carbons (Fsp3) is 0.194. The number of hydrogen-bond acceptors (Lipinski definition) is 3. The summed E-state index contributed by atoms with van der Waals surface area (Å²) in [6.07, 6.45) is 0. The van der Waals surface area contributed by atoms with Gasteiger partial charge in [0, 0.05) is 31.9 Å². The average molecular weight is 462 g/mol. The lowest BCUT2D eigenvalue weighted by atomic mass is 9.87. The second-order valence-electron chi connectivity index (χ2n) is 9.11. The van der Waals surface area contributed by atoms with Gasteiger partial charge in [-0.1, -0.05) is 60.2 Å². The van der Waals surface area contributed by atoms with Crippen molar-refractivity contribution in [3.05, 3.63) is 107 Å². The van der Waals surface area contributed by atoms with Gasteiger partial charge >= 0.3 is 0 Å². The van der Waals surface area contributed by atoms with Crippen LogP contribution in [0.5, 0.6) is 0 Å². The van der Waals surface area contributed by atoms with Crippen molar-refractivity contribution in [3.63, 3.8) is 0 Å². The monoisotopic (exact) mass is 461 g/mol. The van der Waals surface area contributed by atoms with E-state index in [2.05, 4.69) is 77.4 Å². The van der Waals surface area contributed by atoms with Crippen LogP contribution in [0.15, 0.2) is 84.9 Å². The summed E-state index contributed by atoms with van der Waals surface area (Å²) in [5.74, 6) is -0.267. The number of anilines is 2. The van der Waals surface area contributed by atoms with Gasteiger partial charge in [-0.15, -0.1) is 0 Å². The van der Waals surface area contributed by atoms with E-state index in [1.54, 1.807) is 12.1 Å². The van der Waals surface area contributed by atoms with Crippen LogP contribution in [0.2, 0.25) is 0 Å². The molecule has 1 heterocycles. The van der Waals surface area contributed by atoms with E-state index in [4.69, 9.17) is 0 Å². The third-order valence-electron chi connectivity index (χ3n) is 6.91. The number of halogens is 1. The van der Waals surface area contributed by atoms with Gasteiger partial charge in [-0.3, -0.25) is 0 Å². The van der Waals surface area contributed by atoms with Gasteiger partial charge in [0.2, 0.25) is 0 Å². The van der Waals surface area contributed by atoms with Crippen molar-refractivity contribution in [1.29, 1.82) is 5.26 Å². The lowest BCUT2D eigenvalue weighted by molar-refractivity contribution is 0.628. The second-order valence-corrected chi connectivity index (χ2v) is 9.11. The van der Waals surface area contributed by atoms with Crippen LogP contribution in [-0.2, 0) is 0 Å². The summed E-state index contributed by atoms with van der Waals surface area (Å²) in [5, 5.41) is 10.2. The van der Waals surface area contributed by atoms with Crippen molar-refractivity contribution in [2.45, 2.75) is 13.8 Å². The third-order valence-corrected chi connectivity index (χ3v) is 6.91. The Labute approximate surface area is 206 Å². The quantitative estimate of drug-likeness (QED) is 0.329. The zero-order chi connectivity index (χ0) is 24.4. The Morgan fingerprint density at radius 1 is 0.743 bits per heavy atom. The van der Waals surface area contributed by atoms with Crippen LogP contribution in [0, 0.1) is 31.0 Å². The topological polar surface area (TPSA) is 30.3 Å². The minimum atomic E-state index is -0.267. The highest BCUT2D eigenvalue weighted by atomic mass is 19.1. The molecule has 0 saturated carbocycles. The summed E-state index contributed by atoms with van der Waals surface area (Å²) in [6.45, 7) is 7.56. The molecule has 0 unspecified atom stereocenters. The number of nitriles is 1. The maximum absolute atomic E-state index is 13.7. The molecule has 0 spiro atoms. The molecule has 35 heavy (non-hydrogen) atoms. The molecular formula is C31H28FN3. The van der Waals surface area contributed by atoms with Gasteiger partial charge in [-0.05, 0) is 72.0 Å². The number of aryl methyl sites for hydroxylation is 1. The molecule has 5 rings (SSSR count). The summed E-state index contributed by atoms with van der Waals surface area (Å²) in [6, 6.07) is 30.1. The summed E-state index contributed by atoms with van der Waals surface area (Å²) >= 11 is 0. The number of hydrogen-bond donors (Lipinski definition) is 0. The van der Waals surface area contributed by atoms with E-state index in [1.807, 2.05) is 13.0 Å². The number of rotatable bonds is 4. The molecule has 0 atom stereocenters. The highest BCUT2D eigenvalue weighted by Crippen LogP contribution is 2.41. The second kappa shape index (κ2) is 9.64. The van der Waals surface area contributed by atoms with Crippen LogP contribution in [0.25, 0.3) is 22.3 Å². The predicted molar refractivity (Wildman–Crippen MR) is 142 cm³/mol. The van der Waals surface area contributed by atoms with Gasteiger partial charge in [0.1, 0.15) is 11.9 Å². The van der Waals surface area contributed by atoms with Gasteiger partial charge in [0.05, 0.1) is 11.3 Å². The van der Waals surface area contributed by atoms with Gasteiger partial charge < -0.3 is 9.80 Å². The molecule has 0 radical (unpaired) electrons. The molecule has 174 valence electrons. The number of piperazine rings is 1. The first-order chi connectivity index (χ1) is 17.0. The molecule has 4 aromatic rings. The van der Waals surface area contributed by atoms with E-state index in [-0.39, 0.29) is 5.82 Å². The Balaban J connectivity index is 1.59. The lowest BCUT2D eigenvalue weighted by Gasteiger charge is -2.38. The van der Waals surface area contributed by atoms with E-state index in [9.17, 15) is 9.65 Å². The largest absolute Gasteiger partial charge is 0.368 e. The smallest absolute Gasteiger partial charge is 0.123 e.